The quantitative estimate of drug-likeness (QED) is 0.335. The summed E-state index contributed by atoms with van der Waals surface area (Å²) >= 11 is 12.3. The number of nitrogens with zero attached hydrogens (tertiary/aromatic N) is 4. The molecule has 1 aliphatic rings. The van der Waals surface area contributed by atoms with Crippen LogP contribution in [0.3, 0.4) is 0 Å². The zero-order valence-electron chi connectivity index (χ0n) is 21.7. The first-order valence-electron chi connectivity index (χ1n) is 12.4. The van der Waals surface area contributed by atoms with Gasteiger partial charge < -0.3 is 9.80 Å². The molecule has 1 saturated heterocycles. The number of likely N-dealkylation sites (N-methyl/N-ethyl adjacent to an activating group) is 1. The second-order valence-corrected chi connectivity index (χ2v) is 10.5. The molecule has 3 aromatic rings. The van der Waals surface area contributed by atoms with Gasteiger partial charge in [-0.15, -0.1) is 0 Å². The third kappa shape index (κ3) is 6.89. The predicted molar refractivity (Wildman–Crippen MR) is 141 cm³/mol. The summed E-state index contributed by atoms with van der Waals surface area (Å²) in [5, 5.41) is 0.393. The third-order valence-corrected chi connectivity index (χ3v) is 7.78. The van der Waals surface area contributed by atoms with Crippen molar-refractivity contribution in [2.24, 2.45) is 0 Å². The van der Waals surface area contributed by atoms with Crippen molar-refractivity contribution in [2.75, 3.05) is 20.1 Å². The maximum atomic E-state index is 13.4. The van der Waals surface area contributed by atoms with E-state index in [4.69, 9.17) is 23.2 Å². The SMILES string of the molecule is CN(C(=O)c1cc(C(F)(F)F)cc(C(F)(F)F)c1)[C@@H]1CCN(C(=O)Cn2cccnc2=O)C[C@H]1c1ccc(Cl)c(Cl)c1. The molecule has 4 rings (SSSR count). The summed E-state index contributed by atoms with van der Waals surface area (Å²) in [6.07, 6.45) is -7.46. The maximum Gasteiger partial charge on any atom is 0.416 e. The van der Waals surface area contributed by atoms with Crippen LogP contribution >= 0.6 is 23.2 Å². The lowest BCUT2D eigenvalue weighted by Crippen LogP contribution is -2.52. The number of hydrogen-bond acceptors (Lipinski definition) is 4. The molecule has 0 radical (unpaired) electrons. The monoisotopic (exact) mass is 634 g/mol. The first-order valence-corrected chi connectivity index (χ1v) is 13.1. The minimum Gasteiger partial charge on any atom is -0.340 e. The summed E-state index contributed by atoms with van der Waals surface area (Å²) in [6, 6.07) is 6.06. The minimum atomic E-state index is -5.13. The molecule has 2 atom stereocenters. The van der Waals surface area contributed by atoms with Gasteiger partial charge in [0.1, 0.15) is 6.54 Å². The predicted octanol–water partition coefficient (Wildman–Crippen LogP) is 5.74. The van der Waals surface area contributed by atoms with Crippen molar-refractivity contribution in [1.29, 1.82) is 0 Å². The van der Waals surface area contributed by atoms with Crippen LogP contribution < -0.4 is 5.69 Å². The third-order valence-electron chi connectivity index (χ3n) is 7.04. The Kier molecular flexibility index (Phi) is 8.93. The van der Waals surface area contributed by atoms with E-state index in [2.05, 4.69) is 4.98 Å². The molecule has 2 aromatic carbocycles. The van der Waals surface area contributed by atoms with Gasteiger partial charge in [0, 0.05) is 50.1 Å². The van der Waals surface area contributed by atoms with Crippen molar-refractivity contribution in [2.45, 2.75) is 37.3 Å². The molecule has 0 saturated carbocycles. The van der Waals surface area contributed by atoms with Crippen LogP contribution in [0.15, 0.2) is 59.7 Å². The first kappa shape index (κ1) is 31.4. The highest BCUT2D eigenvalue weighted by Gasteiger charge is 2.40. The molecular weight excluding hydrogens is 613 g/mol. The molecule has 0 aliphatic carbocycles. The first-order chi connectivity index (χ1) is 19.6. The molecule has 7 nitrogen and oxygen atoms in total. The largest absolute Gasteiger partial charge is 0.416 e. The average molecular weight is 635 g/mol. The maximum absolute atomic E-state index is 13.4. The van der Waals surface area contributed by atoms with Crippen molar-refractivity contribution < 1.29 is 35.9 Å². The lowest BCUT2D eigenvalue weighted by Gasteiger charge is -2.43. The van der Waals surface area contributed by atoms with E-state index in [0.717, 1.165) is 9.47 Å². The zero-order valence-corrected chi connectivity index (χ0v) is 23.2. The highest BCUT2D eigenvalue weighted by Crippen LogP contribution is 2.38. The van der Waals surface area contributed by atoms with E-state index in [0.29, 0.717) is 17.7 Å². The van der Waals surface area contributed by atoms with Crippen LogP contribution in [0.25, 0.3) is 0 Å². The Hall–Kier alpha value is -3.58. The van der Waals surface area contributed by atoms with Gasteiger partial charge in [0.25, 0.3) is 5.91 Å². The van der Waals surface area contributed by atoms with E-state index < -0.39 is 58.5 Å². The van der Waals surface area contributed by atoms with Crippen LogP contribution in [0.1, 0.15) is 39.4 Å². The molecule has 0 spiro atoms. The molecule has 42 heavy (non-hydrogen) atoms. The van der Waals surface area contributed by atoms with E-state index >= 15 is 0 Å². The van der Waals surface area contributed by atoms with Crippen molar-refractivity contribution in [3.63, 3.8) is 0 Å². The lowest BCUT2D eigenvalue weighted by molar-refractivity contribution is -0.143. The number of alkyl halides is 6. The Morgan fingerprint density at radius 1 is 1.00 bits per heavy atom. The Labute approximate surface area is 245 Å². The number of hydrogen-bond donors (Lipinski definition) is 0. The molecule has 1 aromatic heterocycles. The minimum absolute atomic E-state index is 0.00445. The molecule has 0 bridgehead atoms. The fraction of sp³-hybridized carbons (Fsp3) is 0.333. The zero-order chi connectivity index (χ0) is 31.0. The summed E-state index contributed by atoms with van der Waals surface area (Å²) in [5.74, 6) is -2.16. The normalized spacial score (nSPS) is 17.7. The molecule has 2 heterocycles. The van der Waals surface area contributed by atoms with E-state index in [-0.39, 0.29) is 42.2 Å². The average Bonchev–Trinajstić information content (AvgIpc) is 2.93. The van der Waals surface area contributed by atoms with Gasteiger partial charge in [0.05, 0.1) is 21.2 Å². The molecule has 15 heteroatoms. The topological polar surface area (TPSA) is 75.5 Å². The molecule has 0 unspecified atom stereocenters. The van der Waals surface area contributed by atoms with Crippen molar-refractivity contribution in [3.05, 3.63) is 97.6 Å². The number of piperidine rings is 1. The smallest absolute Gasteiger partial charge is 0.340 e. The van der Waals surface area contributed by atoms with Crippen molar-refractivity contribution in [3.8, 4) is 0 Å². The van der Waals surface area contributed by atoms with Crippen LogP contribution in [0.4, 0.5) is 26.3 Å². The van der Waals surface area contributed by atoms with Gasteiger partial charge in [-0.3, -0.25) is 14.2 Å². The Morgan fingerprint density at radius 2 is 1.64 bits per heavy atom. The lowest BCUT2D eigenvalue weighted by atomic mass is 9.84. The Bertz CT molecular complexity index is 1530. The molecule has 1 fully saturated rings. The van der Waals surface area contributed by atoms with E-state index in [1.165, 1.54) is 42.5 Å². The number of rotatable bonds is 5. The Morgan fingerprint density at radius 3 is 2.21 bits per heavy atom. The summed E-state index contributed by atoms with van der Waals surface area (Å²) in [4.78, 5) is 44.6. The molecule has 0 N–H and O–H groups in total. The number of likely N-dealkylation sites (tertiary alicyclic amines) is 1. The molecule has 224 valence electrons. The van der Waals surface area contributed by atoms with Crippen molar-refractivity contribution in [1.82, 2.24) is 19.4 Å². The van der Waals surface area contributed by atoms with Gasteiger partial charge in [0.15, 0.2) is 0 Å². The van der Waals surface area contributed by atoms with Gasteiger partial charge in [0.2, 0.25) is 5.91 Å². The van der Waals surface area contributed by atoms with Crippen LogP contribution in [0.2, 0.25) is 10.0 Å². The summed E-state index contributed by atoms with van der Waals surface area (Å²) in [5.41, 5.74) is -4.11. The standard InChI is InChI=1S/C27H22Cl2F6N4O3/c1-37(24(41)16-9-17(26(30,31)32)12-18(10-16)27(33,34)35)22-5-8-38(23(40)14-39-7-2-6-36-25(39)42)13-19(22)15-3-4-20(28)21(29)11-15/h2-4,6-7,9-12,19,22H,5,8,13-14H2,1H3/t19-,22+/m0/s1. The van der Waals surface area contributed by atoms with Gasteiger partial charge in [-0.2, -0.15) is 26.3 Å². The molecular formula is C27H22Cl2F6N4O3. The van der Waals surface area contributed by atoms with E-state index in [1.54, 1.807) is 6.07 Å². The van der Waals surface area contributed by atoms with Crippen LogP contribution in [0, 0.1) is 0 Å². The highest BCUT2D eigenvalue weighted by molar-refractivity contribution is 6.42. The summed E-state index contributed by atoms with van der Waals surface area (Å²) in [7, 11) is 1.28. The highest BCUT2D eigenvalue weighted by atomic mass is 35.5. The number of carbonyl (C=O) groups excluding carboxylic acids is 2. The molecule has 2 amide bonds. The van der Waals surface area contributed by atoms with Crippen LogP contribution in [0.5, 0.6) is 0 Å². The number of amides is 2. The summed E-state index contributed by atoms with van der Waals surface area (Å²) in [6.45, 7) is -0.223. The van der Waals surface area contributed by atoms with E-state index in [1.807, 2.05) is 0 Å². The number of carbonyl (C=O) groups is 2. The summed E-state index contributed by atoms with van der Waals surface area (Å²) < 4.78 is 81.7. The molecule has 1 aliphatic heterocycles. The van der Waals surface area contributed by atoms with Crippen LogP contribution in [-0.4, -0.2) is 57.3 Å². The van der Waals surface area contributed by atoms with E-state index in [9.17, 15) is 40.7 Å². The van der Waals surface area contributed by atoms with Gasteiger partial charge in [-0.1, -0.05) is 29.3 Å². The van der Waals surface area contributed by atoms with Crippen molar-refractivity contribution >= 4 is 35.0 Å². The number of benzene rings is 2. The number of halogens is 8. The fourth-order valence-corrected chi connectivity index (χ4v) is 5.19. The van der Waals surface area contributed by atoms with Gasteiger partial charge in [-0.25, -0.2) is 9.78 Å². The Balaban J connectivity index is 1.68. The van der Waals surface area contributed by atoms with Gasteiger partial charge >= 0.3 is 18.0 Å². The van der Waals surface area contributed by atoms with Gasteiger partial charge in [-0.05, 0) is 48.4 Å². The second kappa shape index (κ2) is 12.0. The van der Waals surface area contributed by atoms with Crippen LogP contribution in [-0.2, 0) is 23.7 Å². The fourth-order valence-electron chi connectivity index (χ4n) is 4.89. The number of aromatic nitrogens is 2. The second-order valence-electron chi connectivity index (χ2n) is 9.72.